The molecule has 5 unspecified atom stereocenters. The van der Waals surface area contributed by atoms with Crippen molar-refractivity contribution in [2.24, 2.45) is 0 Å². The number of fused-ring (bicyclic) bond motifs is 9. The number of anilines is 5. The van der Waals surface area contributed by atoms with Gasteiger partial charge in [-0.05, 0) is 157 Å². The van der Waals surface area contributed by atoms with Crippen LogP contribution in [0.25, 0.3) is 0 Å². The zero-order chi connectivity index (χ0) is 90.9. The lowest BCUT2D eigenvalue weighted by molar-refractivity contribution is -0.140. The number of H-pyrrole nitrogens is 5. The summed E-state index contributed by atoms with van der Waals surface area (Å²) in [6.45, 7) is 26.0. The number of para-hydroxylation sites is 1. The van der Waals surface area contributed by atoms with E-state index in [-0.39, 0.29) is 42.3 Å². The number of nitrogens with zero attached hydrogens (tertiary/aromatic N) is 5. The molecule has 7 aliphatic rings. The number of hydrogen-bond donors (Lipinski definition) is 10. The maximum absolute atomic E-state index is 13.0. The first-order chi connectivity index (χ1) is 62.1. The molecule has 10 aromatic rings. The van der Waals surface area contributed by atoms with Crippen molar-refractivity contribution in [3.63, 3.8) is 0 Å². The van der Waals surface area contributed by atoms with Crippen molar-refractivity contribution in [2.45, 2.75) is 200 Å². The lowest BCUT2D eigenvalue weighted by Gasteiger charge is -2.37. The first kappa shape index (κ1) is 94.1. The Labute approximate surface area is 770 Å². The van der Waals surface area contributed by atoms with Crippen molar-refractivity contribution in [1.82, 2.24) is 51.0 Å². The Morgan fingerprint density at radius 3 is 1.39 bits per heavy atom. The monoisotopic (exact) mass is 1830 g/mol. The van der Waals surface area contributed by atoms with Gasteiger partial charge >= 0.3 is 29.8 Å². The Morgan fingerprint density at radius 2 is 0.859 bits per heavy atom. The molecule has 0 radical (unpaired) electrons. The Balaban J connectivity index is 0.000000137. The summed E-state index contributed by atoms with van der Waals surface area (Å²) in [5, 5.41) is 54.5. The van der Waals surface area contributed by atoms with Crippen LogP contribution >= 0.6 is 58.2 Å². The van der Waals surface area contributed by atoms with Gasteiger partial charge < -0.3 is 55.0 Å². The molecule has 12 heterocycles. The third-order valence-electron chi connectivity index (χ3n) is 23.5. The molecule has 5 atom stereocenters. The normalized spacial score (nSPS) is 18.3. The lowest BCUT2D eigenvalue weighted by Crippen LogP contribution is -2.40. The quantitative estimate of drug-likeness (QED) is 0.0153. The van der Waals surface area contributed by atoms with Crippen molar-refractivity contribution in [3.8, 4) is 5.75 Å². The Hall–Kier alpha value is -11.5. The van der Waals surface area contributed by atoms with Gasteiger partial charge in [-0.1, -0.05) is 192 Å². The van der Waals surface area contributed by atoms with Gasteiger partial charge in [0.15, 0.2) is 0 Å². The number of halogens is 4. The minimum absolute atomic E-state index is 0.234. The van der Waals surface area contributed by atoms with Crippen LogP contribution in [0, 0.1) is 6.92 Å². The number of carbonyl (C=O) groups excluding carboxylic acids is 5. The van der Waals surface area contributed by atoms with Crippen LogP contribution in [-0.2, 0) is 64.9 Å². The van der Waals surface area contributed by atoms with Crippen LogP contribution in [0.5, 0.6) is 5.75 Å². The summed E-state index contributed by atoms with van der Waals surface area (Å²) < 4.78 is 33.2. The van der Waals surface area contributed by atoms with E-state index < -0.39 is 22.7 Å². The summed E-state index contributed by atoms with van der Waals surface area (Å²) in [5.41, 5.74) is 18.2. The molecule has 1 spiro atoms. The highest BCUT2D eigenvalue weighted by Gasteiger charge is 2.53. The minimum Gasteiger partial charge on any atom is -0.493 e. The zero-order valence-corrected chi connectivity index (χ0v) is 78.1. The van der Waals surface area contributed by atoms with E-state index in [0.29, 0.717) is 87.4 Å². The molecule has 31 heteroatoms. The van der Waals surface area contributed by atoms with E-state index in [2.05, 4.69) is 143 Å². The molecule has 10 N–H and O–H groups in total. The number of nitrogens with one attached hydrogen (secondary N) is 10. The van der Waals surface area contributed by atoms with Gasteiger partial charge in [-0.2, -0.15) is 25.5 Å². The van der Waals surface area contributed by atoms with Crippen LogP contribution in [0.3, 0.4) is 0 Å². The molecule has 0 aliphatic carbocycles. The molecule has 5 aromatic heterocycles. The van der Waals surface area contributed by atoms with Crippen LogP contribution in [0.15, 0.2) is 195 Å². The summed E-state index contributed by atoms with van der Waals surface area (Å²) in [6, 6.07) is 33.7. The van der Waals surface area contributed by atoms with Crippen molar-refractivity contribution in [2.75, 3.05) is 72.0 Å². The molecule has 0 fully saturated rings. The maximum Gasteiger partial charge on any atom is 0.337 e. The second kappa shape index (κ2) is 43.1. The van der Waals surface area contributed by atoms with Gasteiger partial charge in [0, 0.05) is 94.4 Å². The highest BCUT2D eigenvalue weighted by atomic mass is 35.5. The van der Waals surface area contributed by atoms with Gasteiger partial charge in [-0.25, -0.2) is 24.0 Å². The fourth-order valence-electron chi connectivity index (χ4n) is 18.0. The van der Waals surface area contributed by atoms with Crippen molar-refractivity contribution in [1.29, 1.82) is 0 Å². The van der Waals surface area contributed by atoms with Crippen molar-refractivity contribution < 1.29 is 52.4 Å². The second-order valence-corrected chi connectivity index (χ2v) is 34.3. The zero-order valence-electron chi connectivity index (χ0n) is 74.2. The summed E-state index contributed by atoms with van der Waals surface area (Å²) >= 11 is 27.1. The maximum atomic E-state index is 13.0. The highest BCUT2D eigenvalue weighted by Crippen LogP contribution is 2.58. The Morgan fingerprint density at radius 1 is 0.430 bits per heavy atom. The van der Waals surface area contributed by atoms with Crippen LogP contribution in [0.1, 0.15) is 238 Å². The van der Waals surface area contributed by atoms with Gasteiger partial charge in [0.1, 0.15) is 34.8 Å². The van der Waals surface area contributed by atoms with Crippen LogP contribution in [-0.4, -0.2) is 126 Å². The summed E-state index contributed by atoms with van der Waals surface area (Å²) in [6.07, 6.45) is 20.3. The van der Waals surface area contributed by atoms with Gasteiger partial charge in [0.05, 0.1) is 125 Å². The second-order valence-electron chi connectivity index (χ2n) is 31.6. The topological polar surface area (TPSA) is 344 Å². The number of thioether (sulfide) groups is 1. The predicted molar refractivity (Wildman–Crippen MR) is 503 cm³/mol. The van der Waals surface area contributed by atoms with Crippen LogP contribution < -0.4 is 31.3 Å². The van der Waals surface area contributed by atoms with Crippen molar-refractivity contribution >= 4 is 117 Å². The molecule has 0 bridgehead atoms. The van der Waals surface area contributed by atoms with Gasteiger partial charge in [-0.3, -0.25) is 25.5 Å². The number of carbonyl (C=O) groups is 5. The molecule has 5 aromatic carbocycles. The number of aromatic nitrogens is 10. The molecule has 0 amide bonds. The smallest absolute Gasteiger partial charge is 0.337 e. The molecule has 26 nitrogen and oxygen atoms in total. The number of benzene rings is 5. The molecule has 17 rings (SSSR count). The van der Waals surface area contributed by atoms with Gasteiger partial charge in [0.25, 0.3) is 0 Å². The average Bonchev–Trinajstić information content (AvgIpc) is 1.22. The highest BCUT2D eigenvalue weighted by molar-refractivity contribution is 7.99. The van der Waals surface area contributed by atoms with Gasteiger partial charge in [-0.15, -0.1) is 11.8 Å². The fourth-order valence-corrected chi connectivity index (χ4v) is 20.3. The van der Waals surface area contributed by atoms with Crippen molar-refractivity contribution in [3.05, 3.63) is 277 Å². The molecule has 128 heavy (non-hydrogen) atoms. The number of hydrogen-bond acceptors (Lipinski definition) is 22. The summed E-state index contributed by atoms with van der Waals surface area (Å²) in [4.78, 5) is 65.8. The summed E-state index contributed by atoms with van der Waals surface area (Å²) in [5.74, 6) is 3.34. The number of rotatable bonds is 24. The minimum atomic E-state index is -0.606. The predicted octanol–water partition coefficient (Wildman–Crippen LogP) is 22.0. The SMILES string of the molecule is CCCC1=C(C(=O)OCC)C(C)(c2ccccc2)c2cn[nH]c2N1.CCCC1=C(C(=O)OCC)C(c2cc(Cl)cc(Cl)c2Cl)c2cn[nH]c2N1.CCCC1=C(C(=O)OCC)C(c2cccc(Cl)c2C)c2cn[nH]c2N1.CCCC1=C(C(=O)OCC)C(c2cccc3c2OCCCC3)c2cn[nH]c2N1.CCCC1=C(C(=O)OCC)C2(CSc3ccccc32)c2cn[nH]c2N1. The van der Waals surface area contributed by atoms with E-state index >= 15 is 0 Å². The van der Waals surface area contributed by atoms with Crippen LogP contribution in [0.4, 0.5) is 29.1 Å². The summed E-state index contributed by atoms with van der Waals surface area (Å²) in [7, 11) is 0. The molecule has 674 valence electrons. The fraction of sp³-hybridized carbons (Fsp3) is 0.381. The van der Waals surface area contributed by atoms with Gasteiger partial charge in [0.2, 0.25) is 0 Å². The number of aromatic amines is 5. The number of ether oxygens (including phenoxy) is 6. The third-order valence-corrected chi connectivity index (χ3v) is 26.2. The largest absolute Gasteiger partial charge is 0.493 e. The molecule has 7 aliphatic heterocycles. The molecule has 0 saturated heterocycles. The molecular weight excluding hydrogens is 1730 g/mol. The molecule has 0 saturated carbocycles. The van der Waals surface area contributed by atoms with E-state index in [1.54, 1.807) is 55.6 Å². The first-order valence-electron chi connectivity index (χ1n) is 44.1. The third kappa shape index (κ3) is 19.2. The van der Waals surface area contributed by atoms with E-state index in [9.17, 15) is 24.0 Å². The number of allylic oxidation sites excluding steroid dienone is 5. The Kier molecular flexibility index (Phi) is 31.7. The molecular formula is C97H111Cl4N15O11S. The lowest BCUT2D eigenvalue weighted by atomic mass is 9.68. The van der Waals surface area contributed by atoms with E-state index in [0.717, 1.165) is 202 Å². The van der Waals surface area contributed by atoms with E-state index in [4.69, 9.17) is 74.8 Å². The standard InChI is InChI=1S/C22H27N3O3.C19H22ClN3O2.C19H21N3O2S.C19H23N3O2.C18H18Cl3N3O2/c1-3-8-17-19(22(26)27-4-2)18(16-13-23-25-21(16)24-17)15-11-7-10-14-9-5-6-12-28-20(14)15;1-4-7-15-17(19(24)25-5-2)16(13-10-21-23-18(13)22-15)12-8-6-9-14(20)11(12)3;1-3-7-14-16(18(23)24-4-2)19(13-10-20-22-17(13)21-14)11-25-15-9-6-5-8-12(15)19;1-4-9-15-16(18(23)24-5-2)19(3,13-10-7-6-8-11-13)14-12-20-22-17(14)21-15;1-3-5-13-15(18(25)26-4-2)14(11-8-22-24-17(11)23-13)10-6-9(19)7-12(20)16(10)21/h7,10-11,13,18H,3-6,8-9,12H2,1-2H3,(H2,23,24,25);6,8-10,16H,4-5,7H2,1-3H3,(H2,21,22,23);5-6,8-10H,3-4,7,11H2,1-2H3,(H2,20,21,22);6-8,10-12H,4-5,9H2,1-3H3,(H2,20,21,22);6-8,14H,3-5H2,1-2H3,(H2,22,23,24). The number of esters is 5. The first-order valence-corrected chi connectivity index (χ1v) is 46.6. The Bertz CT molecular complexity index is 5860. The van der Waals surface area contributed by atoms with E-state index in [1.807, 2.05) is 108 Å². The number of aryl methyl sites for hydroxylation is 1. The van der Waals surface area contributed by atoms with Crippen LogP contribution in [0.2, 0.25) is 20.1 Å². The van der Waals surface area contributed by atoms with E-state index in [1.165, 1.54) is 16.0 Å². The average molecular weight is 1840 g/mol.